The standard InChI is InChI=1S/C29H34BN3O6S/c1-19(2)16-27(30(36)37)32-28(35)18-25(34)24(17-22-11-5-9-20-8-3-4-13-23(20)22)33-40(38,39)26-14-6-10-21-12-7-15-31-29(21)26/h3-15,19,24-25,27,33-34,36-37H,16-18H2,1-2H3,(H,32,35)/t24?,25-,27?/m0/s1. The summed E-state index contributed by atoms with van der Waals surface area (Å²) in [4.78, 5) is 17.1. The van der Waals surface area contributed by atoms with Gasteiger partial charge in [0.25, 0.3) is 0 Å². The predicted octanol–water partition coefficient (Wildman–Crippen LogP) is 2.57. The van der Waals surface area contributed by atoms with Crippen LogP contribution >= 0.6 is 0 Å². The molecule has 0 aliphatic heterocycles. The maximum atomic E-state index is 13.7. The van der Waals surface area contributed by atoms with Crippen LogP contribution in [0.1, 0.15) is 32.3 Å². The van der Waals surface area contributed by atoms with E-state index in [0.717, 1.165) is 16.3 Å². The van der Waals surface area contributed by atoms with E-state index in [0.29, 0.717) is 17.3 Å². The van der Waals surface area contributed by atoms with Gasteiger partial charge in [0, 0.05) is 11.6 Å². The van der Waals surface area contributed by atoms with E-state index < -0.39 is 47.6 Å². The minimum Gasteiger partial charge on any atom is -0.426 e. The van der Waals surface area contributed by atoms with Gasteiger partial charge in [-0.2, -0.15) is 0 Å². The third-order valence-electron chi connectivity index (χ3n) is 6.80. The summed E-state index contributed by atoms with van der Waals surface area (Å²) >= 11 is 0. The number of rotatable bonds is 12. The summed E-state index contributed by atoms with van der Waals surface area (Å²) in [5.74, 6) is -1.47. The summed E-state index contributed by atoms with van der Waals surface area (Å²) in [6.07, 6.45) is 0.0575. The highest BCUT2D eigenvalue weighted by Gasteiger charge is 2.31. The highest BCUT2D eigenvalue weighted by Crippen LogP contribution is 2.24. The maximum Gasteiger partial charge on any atom is 0.475 e. The second kappa shape index (κ2) is 12.9. The van der Waals surface area contributed by atoms with Gasteiger partial charge in [-0.25, -0.2) is 13.1 Å². The van der Waals surface area contributed by atoms with Gasteiger partial charge in [0.05, 0.1) is 30.0 Å². The Hall–Kier alpha value is -3.35. The number of aliphatic hydroxyl groups excluding tert-OH is 1. The normalized spacial score (nSPS) is 14.2. The van der Waals surface area contributed by atoms with Crippen LogP contribution in [-0.2, 0) is 21.2 Å². The first kappa shape index (κ1) is 29.6. The molecule has 0 radical (unpaired) electrons. The average Bonchev–Trinajstić information content (AvgIpc) is 2.91. The fraction of sp³-hybridized carbons (Fsp3) is 0.310. The van der Waals surface area contributed by atoms with E-state index in [1.54, 1.807) is 24.3 Å². The number of fused-ring (bicyclic) bond motifs is 2. The SMILES string of the molecule is CC(C)CC(NC(=O)C[C@H](O)C(Cc1cccc2ccccc12)NS(=O)(=O)c1cccc2cccnc12)B(O)O. The molecule has 2 unspecified atom stereocenters. The smallest absolute Gasteiger partial charge is 0.426 e. The van der Waals surface area contributed by atoms with Crippen molar-refractivity contribution in [3.63, 3.8) is 0 Å². The van der Waals surface area contributed by atoms with E-state index in [1.165, 1.54) is 12.3 Å². The first-order valence-electron chi connectivity index (χ1n) is 13.2. The molecule has 210 valence electrons. The van der Waals surface area contributed by atoms with Crippen LogP contribution in [0.4, 0.5) is 0 Å². The van der Waals surface area contributed by atoms with Gasteiger partial charge >= 0.3 is 7.12 Å². The van der Waals surface area contributed by atoms with Crippen molar-refractivity contribution in [1.82, 2.24) is 15.0 Å². The van der Waals surface area contributed by atoms with Gasteiger partial charge in [-0.15, -0.1) is 0 Å². The fourth-order valence-corrected chi connectivity index (χ4v) is 6.33. The Morgan fingerprint density at radius 2 is 1.62 bits per heavy atom. The monoisotopic (exact) mass is 563 g/mol. The number of hydrogen-bond donors (Lipinski definition) is 5. The summed E-state index contributed by atoms with van der Waals surface area (Å²) in [6.45, 7) is 3.76. The number of pyridine rings is 1. The number of carbonyl (C=O) groups is 1. The third-order valence-corrected chi connectivity index (χ3v) is 8.32. The highest BCUT2D eigenvalue weighted by molar-refractivity contribution is 7.89. The van der Waals surface area contributed by atoms with E-state index in [2.05, 4.69) is 15.0 Å². The molecule has 0 fully saturated rings. The Balaban J connectivity index is 1.64. The first-order valence-corrected chi connectivity index (χ1v) is 14.7. The molecule has 0 saturated heterocycles. The molecule has 4 rings (SSSR count). The Bertz CT molecular complexity index is 1570. The lowest BCUT2D eigenvalue weighted by atomic mass is 9.75. The van der Waals surface area contributed by atoms with Gasteiger partial charge in [0.1, 0.15) is 4.90 Å². The fourth-order valence-electron chi connectivity index (χ4n) is 4.88. The van der Waals surface area contributed by atoms with Crippen LogP contribution < -0.4 is 10.0 Å². The van der Waals surface area contributed by atoms with Crippen molar-refractivity contribution >= 4 is 44.7 Å². The second-order valence-electron chi connectivity index (χ2n) is 10.4. The van der Waals surface area contributed by atoms with Crippen molar-refractivity contribution in [2.24, 2.45) is 5.92 Å². The van der Waals surface area contributed by atoms with Crippen LogP contribution in [0.3, 0.4) is 0 Å². The number of para-hydroxylation sites is 1. The molecule has 40 heavy (non-hydrogen) atoms. The molecule has 0 spiro atoms. The molecule has 11 heteroatoms. The summed E-state index contributed by atoms with van der Waals surface area (Å²) < 4.78 is 30.0. The molecular weight excluding hydrogens is 529 g/mol. The van der Waals surface area contributed by atoms with E-state index in [-0.39, 0.29) is 17.2 Å². The van der Waals surface area contributed by atoms with Gasteiger partial charge in [0.15, 0.2) is 0 Å². The summed E-state index contributed by atoms with van der Waals surface area (Å²) in [5.41, 5.74) is 1.09. The number of carbonyl (C=O) groups excluding carboxylic acids is 1. The third kappa shape index (κ3) is 7.24. The minimum atomic E-state index is -4.18. The van der Waals surface area contributed by atoms with Crippen molar-refractivity contribution in [2.75, 3.05) is 0 Å². The molecule has 0 bridgehead atoms. The molecular formula is C29H34BN3O6S. The molecule has 9 nitrogen and oxygen atoms in total. The van der Waals surface area contributed by atoms with Gasteiger partial charge in [-0.3, -0.25) is 9.78 Å². The number of amides is 1. The van der Waals surface area contributed by atoms with Crippen molar-refractivity contribution in [1.29, 1.82) is 0 Å². The van der Waals surface area contributed by atoms with Gasteiger partial charge in [-0.1, -0.05) is 74.5 Å². The molecule has 1 amide bonds. The molecule has 1 aromatic heterocycles. The average molecular weight is 563 g/mol. The quantitative estimate of drug-likeness (QED) is 0.166. The molecule has 0 aliphatic rings. The molecule has 0 saturated carbocycles. The summed E-state index contributed by atoms with van der Waals surface area (Å²) in [7, 11) is -5.95. The van der Waals surface area contributed by atoms with E-state index in [1.807, 2.05) is 56.3 Å². The van der Waals surface area contributed by atoms with Crippen LogP contribution in [0.5, 0.6) is 0 Å². The number of benzene rings is 3. The summed E-state index contributed by atoms with van der Waals surface area (Å²) in [6, 6.07) is 20.5. The number of nitrogens with one attached hydrogen (secondary N) is 2. The topological polar surface area (TPSA) is 149 Å². The Kier molecular flexibility index (Phi) is 9.54. The highest BCUT2D eigenvalue weighted by atomic mass is 32.2. The van der Waals surface area contributed by atoms with Crippen molar-refractivity contribution < 1.29 is 28.4 Å². The lowest BCUT2D eigenvalue weighted by molar-refractivity contribution is -0.123. The Morgan fingerprint density at radius 1 is 0.950 bits per heavy atom. The minimum absolute atomic E-state index is 0.0365. The molecule has 4 aromatic rings. The molecule has 1 heterocycles. The zero-order valence-corrected chi connectivity index (χ0v) is 23.3. The van der Waals surface area contributed by atoms with Crippen LogP contribution in [0.25, 0.3) is 21.7 Å². The van der Waals surface area contributed by atoms with Crippen LogP contribution in [0.2, 0.25) is 0 Å². The zero-order valence-electron chi connectivity index (χ0n) is 22.4. The van der Waals surface area contributed by atoms with Crippen LogP contribution in [0.15, 0.2) is 83.9 Å². The van der Waals surface area contributed by atoms with Crippen LogP contribution in [0, 0.1) is 5.92 Å². The number of hydrogen-bond acceptors (Lipinski definition) is 7. The van der Waals surface area contributed by atoms with E-state index in [9.17, 15) is 28.4 Å². The van der Waals surface area contributed by atoms with E-state index in [4.69, 9.17) is 0 Å². The largest absolute Gasteiger partial charge is 0.475 e. The molecule has 0 aliphatic carbocycles. The van der Waals surface area contributed by atoms with Gasteiger partial charge in [0.2, 0.25) is 15.9 Å². The van der Waals surface area contributed by atoms with Gasteiger partial charge < -0.3 is 20.5 Å². The van der Waals surface area contributed by atoms with Crippen LogP contribution in [-0.4, -0.2) is 59.7 Å². The number of aromatic nitrogens is 1. The number of aliphatic hydroxyl groups is 1. The molecule has 5 N–H and O–H groups in total. The molecule has 3 atom stereocenters. The maximum absolute atomic E-state index is 13.7. The van der Waals surface area contributed by atoms with E-state index >= 15 is 0 Å². The lowest BCUT2D eigenvalue weighted by Gasteiger charge is -2.26. The van der Waals surface area contributed by atoms with Crippen molar-refractivity contribution in [3.8, 4) is 0 Å². The number of nitrogens with zero attached hydrogens (tertiary/aromatic N) is 1. The van der Waals surface area contributed by atoms with Gasteiger partial charge in [-0.05, 0) is 47.2 Å². The van der Waals surface area contributed by atoms with Crippen molar-refractivity contribution in [3.05, 3.63) is 84.6 Å². The summed E-state index contributed by atoms with van der Waals surface area (Å²) in [5, 5.41) is 35.7. The zero-order chi connectivity index (χ0) is 28.9. The second-order valence-corrected chi connectivity index (χ2v) is 12.1. The lowest BCUT2D eigenvalue weighted by Crippen LogP contribution is -2.50. The molecule has 3 aromatic carbocycles. The predicted molar refractivity (Wildman–Crippen MR) is 156 cm³/mol. The first-order chi connectivity index (χ1) is 19.0. The van der Waals surface area contributed by atoms with Crippen molar-refractivity contribution in [2.45, 2.75) is 56.1 Å². The number of sulfonamides is 1. The Morgan fingerprint density at radius 3 is 2.38 bits per heavy atom. The Labute approximate surface area is 234 Å².